The van der Waals surface area contributed by atoms with Gasteiger partial charge in [0.2, 0.25) is 0 Å². The number of hydrogen-bond acceptors (Lipinski definition) is 4. The van der Waals surface area contributed by atoms with E-state index in [0.29, 0.717) is 18.3 Å². The molecule has 1 N–H and O–H groups in total. The topological polar surface area (TPSA) is 50.8 Å². The fourth-order valence-corrected chi connectivity index (χ4v) is 3.82. The summed E-state index contributed by atoms with van der Waals surface area (Å²) in [5.41, 5.74) is 0.711. The number of nitrogens with one attached hydrogen (secondary N) is 1. The smallest absolute Gasteiger partial charge is 0.411 e. The second-order valence-electron chi connectivity index (χ2n) is 7.23. The number of rotatable bonds is 10. The standard InChI is InChI=1S/C22H36N2O3/c1-4-7-10-16-26-19-13-11-12-18(17-19)23-22(25)27-21-15-9-8-14-20(21)24(5-2)6-3/h11-13,17,20-21H,4-10,14-16H2,1-3H3,(H,23,25)/t20-,21-/m0/s1. The van der Waals surface area contributed by atoms with Gasteiger partial charge in [-0.15, -0.1) is 0 Å². The summed E-state index contributed by atoms with van der Waals surface area (Å²) >= 11 is 0. The first kappa shape index (κ1) is 21.5. The van der Waals surface area contributed by atoms with Gasteiger partial charge in [-0.05, 0) is 50.9 Å². The van der Waals surface area contributed by atoms with Crippen LogP contribution in [0.5, 0.6) is 5.75 Å². The third kappa shape index (κ3) is 7.06. The average molecular weight is 377 g/mol. The molecule has 1 fully saturated rings. The number of nitrogens with zero attached hydrogens (tertiary/aromatic N) is 1. The molecule has 0 spiro atoms. The Kier molecular flexibility index (Phi) is 9.46. The first-order valence-electron chi connectivity index (χ1n) is 10.6. The Morgan fingerprint density at radius 2 is 1.93 bits per heavy atom. The third-order valence-electron chi connectivity index (χ3n) is 5.30. The fourth-order valence-electron chi connectivity index (χ4n) is 3.82. The van der Waals surface area contributed by atoms with Crippen LogP contribution in [0.3, 0.4) is 0 Å². The van der Waals surface area contributed by atoms with E-state index in [1.165, 1.54) is 19.3 Å². The van der Waals surface area contributed by atoms with E-state index in [1.807, 2.05) is 24.3 Å². The van der Waals surface area contributed by atoms with E-state index < -0.39 is 0 Å². The highest BCUT2D eigenvalue weighted by molar-refractivity contribution is 5.85. The molecule has 1 aliphatic carbocycles. The van der Waals surface area contributed by atoms with Crippen molar-refractivity contribution < 1.29 is 14.3 Å². The molecular formula is C22H36N2O3. The lowest BCUT2D eigenvalue weighted by molar-refractivity contribution is 0.0125. The van der Waals surface area contributed by atoms with Gasteiger partial charge in [0.05, 0.1) is 6.61 Å². The van der Waals surface area contributed by atoms with Gasteiger partial charge in [-0.3, -0.25) is 10.2 Å². The largest absolute Gasteiger partial charge is 0.494 e. The zero-order chi connectivity index (χ0) is 19.5. The minimum absolute atomic E-state index is 0.0351. The molecule has 0 bridgehead atoms. The van der Waals surface area contributed by atoms with Crippen molar-refractivity contribution in [3.05, 3.63) is 24.3 Å². The maximum atomic E-state index is 12.4. The molecule has 0 heterocycles. The first-order valence-corrected chi connectivity index (χ1v) is 10.6. The van der Waals surface area contributed by atoms with Crippen molar-refractivity contribution in [2.24, 2.45) is 0 Å². The molecule has 1 amide bonds. The van der Waals surface area contributed by atoms with Crippen molar-refractivity contribution in [2.75, 3.05) is 25.0 Å². The minimum atomic E-state index is -0.373. The molecule has 1 aromatic carbocycles. The van der Waals surface area contributed by atoms with Gasteiger partial charge in [0.15, 0.2) is 0 Å². The summed E-state index contributed by atoms with van der Waals surface area (Å²) in [6, 6.07) is 7.86. The van der Waals surface area contributed by atoms with Crippen LogP contribution >= 0.6 is 0 Å². The highest BCUT2D eigenvalue weighted by Gasteiger charge is 2.31. The summed E-state index contributed by atoms with van der Waals surface area (Å²) < 4.78 is 11.6. The number of likely N-dealkylation sites (N-methyl/N-ethyl adjacent to an activating group) is 1. The second-order valence-corrected chi connectivity index (χ2v) is 7.23. The number of carbonyl (C=O) groups excluding carboxylic acids is 1. The van der Waals surface area contributed by atoms with Gasteiger partial charge in [0.25, 0.3) is 0 Å². The Bertz CT molecular complexity index is 560. The van der Waals surface area contributed by atoms with Crippen LogP contribution in [0.4, 0.5) is 10.5 Å². The second kappa shape index (κ2) is 11.9. The predicted octanol–water partition coefficient (Wildman–Crippen LogP) is 5.46. The van der Waals surface area contributed by atoms with Crippen molar-refractivity contribution >= 4 is 11.8 Å². The molecule has 1 aromatic rings. The van der Waals surface area contributed by atoms with E-state index in [1.54, 1.807) is 0 Å². The molecule has 0 aliphatic heterocycles. The molecule has 2 rings (SSSR count). The fraction of sp³-hybridized carbons (Fsp3) is 0.682. The average Bonchev–Trinajstić information content (AvgIpc) is 2.68. The summed E-state index contributed by atoms with van der Waals surface area (Å²) in [7, 11) is 0. The molecule has 152 valence electrons. The summed E-state index contributed by atoms with van der Waals surface area (Å²) in [4.78, 5) is 14.8. The molecule has 2 atom stereocenters. The first-order chi connectivity index (χ1) is 13.2. The summed E-state index contributed by atoms with van der Waals surface area (Å²) in [6.45, 7) is 9.19. The van der Waals surface area contributed by atoms with Crippen LogP contribution in [0.2, 0.25) is 0 Å². The number of benzene rings is 1. The monoisotopic (exact) mass is 376 g/mol. The van der Waals surface area contributed by atoms with Crippen LogP contribution in [0, 0.1) is 0 Å². The number of ether oxygens (including phenoxy) is 2. The highest BCUT2D eigenvalue weighted by atomic mass is 16.6. The molecule has 0 radical (unpaired) electrons. The van der Waals surface area contributed by atoms with Gasteiger partial charge < -0.3 is 9.47 Å². The molecule has 0 unspecified atom stereocenters. The highest BCUT2D eigenvalue weighted by Crippen LogP contribution is 2.26. The van der Waals surface area contributed by atoms with Crippen molar-refractivity contribution in [1.29, 1.82) is 0 Å². The van der Waals surface area contributed by atoms with Gasteiger partial charge in [0.1, 0.15) is 11.9 Å². The van der Waals surface area contributed by atoms with Gasteiger partial charge in [-0.1, -0.05) is 46.1 Å². The Morgan fingerprint density at radius 3 is 2.67 bits per heavy atom. The lowest BCUT2D eigenvalue weighted by Gasteiger charge is -2.38. The molecule has 1 aliphatic rings. The van der Waals surface area contributed by atoms with Crippen molar-refractivity contribution in [3.63, 3.8) is 0 Å². The Morgan fingerprint density at radius 1 is 1.15 bits per heavy atom. The van der Waals surface area contributed by atoms with E-state index >= 15 is 0 Å². The Labute approximate surface area is 164 Å². The van der Waals surface area contributed by atoms with Crippen LogP contribution in [-0.4, -0.2) is 42.8 Å². The van der Waals surface area contributed by atoms with Gasteiger partial charge in [-0.2, -0.15) is 0 Å². The van der Waals surface area contributed by atoms with Crippen molar-refractivity contribution in [3.8, 4) is 5.75 Å². The normalized spacial score (nSPS) is 19.7. The maximum Gasteiger partial charge on any atom is 0.411 e. The lowest BCUT2D eigenvalue weighted by atomic mass is 9.91. The molecule has 27 heavy (non-hydrogen) atoms. The molecule has 0 saturated heterocycles. The zero-order valence-electron chi connectivity index (χ0n) is 17.2. The van der Waals surface area contributed by atoms with Crippen LogP contribution < -0.4 is 10.1 Å². The Hall–Kier alpha value is -1.75. The molecule has 0 aromatic heterocycles. The quantitative estimate of drug-likeness (QED) is 0.551. The van der Waals surface area contributed by atoms with Crippen LogP contribution in [0.15, 0.2) is 24.3 Å². The molecule has 1 saturated carbocycles. The zero-order valence-corrected chi connectivity index (χ0v) is 17.2. The van der Waals surface area contributed by atoms with E-state index in [4.69, 9.17) is 9.47 Å². The third-order valence-corrected chi connectivity index (χ3v) is 5.30. The summed E-state index contributed by atoms with van der Waals surface area (Å²) in [6.07, 6.45) is 7.35. The van der Waals surface area contributed by atoms with Crippen LogP contribution in [0.25, 0.3) is 0 Å². The van der Waals surface area contributed by atoms with Gasteiger partial charge >= 0.3 is 6.09 Å². The number of anilines is 1. The molecule has 5 nitrogen and oxygen atoms in total. The van der Waals surface area contributed by atoms with Gasteiger partial charge in [-0.25, -0.2) is 4.79 Å². The van der Waals surface area contributed by atoms with E-state index in [0.717, 1.165) is 44.5 Å². The van der Waals surface area contributed by atoms with E-state index in [2.05, 4.69) is 31.0 Å². The molecular weight excluding hydrogens is 340 g/mol. The number of amides is 1. The number of hydrogen-bond donors (Lipinski definition) is 1. The SMILES string of the molecule is CCCCCOc1cccc(NC(=O)O[C@H]2CCCC[C@@H]2N(CC)CC)c1. The minimum Gasteiger partial charge on any atom is -0.494 e. The molecule has 5 heteroatoms. The predicted molar refractivity (Wildman–Crippen MR) is 111 cm³/mol. The maximum absolute atomic E-state index is 12.4. The number of unbranched alkanes of at least 4 members (excludes halogenated alkanes) is 2. The summed E-state index contributed by atoms with van der Waals surface area (Å²) in [5, 5.41) is 2.87. The van der Waals surface area contributed by atoms with Crippen molar-refractivity contribution in [1.82, 2.24) is 4.90 Å². The van der Waals surface area contributed by atoms with Gasteiger partial charge in [0, 0.05) is 17.8 Å². The Balaban J connectivity index is 1.88. The van der Waals surface area contributed by atoms with E-state index in [-0.39, 0.29) is 12.2 Å². The van der Waals surface area contributed by atoms with Crippen LogP contribution in [-0.2, 0) is 4.74 Å². The number of carbonyl (C=O) groups is 1. The van der Waals surface area contributed by atoms with Crippen LogP contribution in [0.1, 0.15) is 65.7 Å². The lowest BCUT2D eigenvalue weighted by Crippen LogP contribution is -2.47. The van der Waals surface area contributed by atoms with Crippen molar-refractivity contribution in [2.45, 2.75) is 77.9 Å². The summed E-state index contributed by atoms with van der Waals surface area (Å²) in [5.74, 6) is 0.780. The van der Waals surface area contributed by atoms with E-state index in [9.17, 15) is 4.79 Å².